The fraction of sp³-hybridized carbons (Fsp3) is 0.238. The number of carbonyl (C=O) groups excluding carboxylic acids is 4. The number of hydrogen-bond acceptors (Lipinski definition) is 6. The van der Waals surface area contributed by atoms with Gasteiger partial charge in [-0.25, -0.2) is 0 Å². The Morgan fingerprint density at radius 3 is 2.10 bits per heavy atom. The molecule has 4 rings (SSSR count). The third kappa shape index (κ3) is 4.07. The van der Waals surface area contributed by atoms with E-state index >= 15 is 0 Å². The van der Waals surface area contributed by atoms with Crippen molar-refractivity contribution < 1.29 is 23.9 Å². The lowest BCUT2D eigenvalue weighted by atomic mass is 10.1. The highest BCUT2D eigenvalue weighted by atomic mass is 16.5. The molecule has 2 aliphatic heterocycles. The van der Waals surface area contributed by atoms with Gasteiger partial charge in [0.2, 0.25) is 5.91 Å². The van der Waals surface area contributed by atoms with E-state index in [1.54, 1.807) is 24.3 Å². The Labute approximate surface area is 172 Å². The normalized spacial score (nSPS) is 16.3. The molecule has 30 heavy (non-hydrogen) atoms. The van der Waals surface area contributed by atoms with Crippen LogP contribution in [0.25, 0.3) is 0 Å². The minimum Gasteiger partial charge on any atom is -0.379 e. The average molecular weight is 408 g/mol. The lowest BCUT2D eigenvalue weighted by Gasteiger charge is -2.25. The zero-order valence-corrected chi connectivity index (χ0v) is 16.1. The molecule has 0 unspecified atom stereocenters. The van der Waals surface area contributed by atoms with Crippen LogP contribution in [0.15, 0.2) is 48.5 Å². The largest absolute Gasteiger partial charge is 0.379 e. The number of hydrogen-bond donors (Lipinski definition) is 2. The van der Waals surface area contributed by atoms with Crippen LogP contribution in [0.4, 0.5) is 5.69 Å². The van der Waals surface area contributed by atoms with Crippen molar-refractivity contribution in [2.45, 2.75) is 0 Å². The third-order valence-electron chi connectivity index (χ3n) is 4.91. The SMILES string of the molecule is O=C(CN1CCOCC1)Nc1ccc(C(=O)NN2C(=O)c3ccccc3C2=O)cc1. The van der Waals surface area contributed by atoms with E-state index in [9.17, 15) is 19.2 Å². The van der Waals surface area contributed by atoms with Crippen LogP contribution >= 0.6 is 0 Å². The van der Waals surface area contributed by atoms with Gasteiger partial charge in [-0.05, 0) is 36.4 Å². The van der Waals surface area contributed by atoms with Gasteiger partial charge < -0.3 is 10.1 Å². The predicted octanol–water partition coefficient (Wildman–Crippen LogP) is 0.898. The molecule has 0 radical (unpaired) electrons. The van der Waals surface area contributed by atoms with Crippen molar-refractivity contribution in [3.05, 3.63) is 65.2 Å². The first-order valence-corrected chi connectivity index (χ1v) is 9.52. The van der Waals surface area contributed by atoms with Gasteiger partial charge in [0.1, 0.15) is 0 Å². The summed E-state index contributed by atoms with van der Waals surface area (Å²) in [7, 11) is 0. The third-order valence-corrected chi connectivity index (χ3v) is 4.91. The summed E-state index contributed by atoms with van der Waals surface area (Å²) < 4.78 is 5.26. The van der Waals surface area contributed by atoms with Gasteiger partial charge in [-0.3, -0.25) is 29.5 Å². The standard InChI is InChI=1S/C21H20N4O5/c26-18(13-24-9-11-30-12-10-24)22-15-7-5-14(6-8-15)19(27)23-25-20(28)16-3-1-2-4-17(16)21(25)29/h1-8H,9-13H2,(H,22,26)(H,23,27). The summed E-state index contributed by atoms with van der Waals surface area (Å²) in [5.41, 5.74) is 3.64. The first kappa shape index (κ1) is 19.7. The number of nitrogens with zero attached hydrogens (tertiary/aromatic N) is 2. The summed E-state index contributed by atoms with van der Waals surface area (Å²) in [6.45, 7) is 2.93. The molecule has 154 valence electrons. The van der Waals surface area contributed by atoms with Gasteiger partial charge in [0.15, 0.2) is 0 Å². The van der Waals surface area contributed by atoms with Gasteiger partial charge in [0.05, 0.1) is 30.9 Å². The molecule has 9 heteroatoms. The summed E-state index contributed by atoms with van der Waals surface area (Å²) in [5.74, 6) is -1.90. The molecule has 2 aliphatic rings. The van der Waals surface area contributed by atoms with Crippen LogP contribution in [0.5, 0.6) is 0 Å². The van der Waals surface area contributed by atoms with E-state index in [1.165, 1.54) is 24.3 Å². The first-order chi connectivity index (χ1) is 14.5. The Morgan fingerprint density at radius 2 is 1.50 bits per heavy atom. The molecule has 0 bridgehead atoms. The smallest absolute Gasteiger partial charge is 0.280 e. The number of benzene rings is 2. The highest BCUT2D eigenvalue weighted by molar-refractivity contribution is 6.22. The lowest BCUT2D eigenvalue weighted by Crippen LogP contribution is -2.45. The summed E-state index contributed by atoms with van der Waals surface area (Å²) in [4.78, 5) is 51.3. The van der Waals surface area contributed by atoms with Crippen molar-refractivity contribution in [3.8, 4) is 0 Å². The van der Waals surface area contributed by atoms with Gasteiger partial charge in [0.25, 0.3) is 17.7 Å². The number of fused-ring (bicyclic) bond motifs is 1. The number of ether oxygens (including phenoxy) is 1. The van der Waals surface area contributed by atoms with Gasteiger partial charge in [-0.1, -0.05) is 12.1 Å². The number of amides is 4. The molecule has 1 fully saturated rings. The number of hydrazine groups is 1. The number of rotatable bonds is 5. The van der Waals surface area contributed by atoms with Crippen LogP contribution in [0, 0.1) is 0 Å². The van der Waals surface area contributed by atoms with E-state index in [0.29, 0.717) is 37.0 Å². The van der Waals surface area contributed by atoms with Gasteiger partial charge >= 0.3 is 0 Å². The number of carbonyl (C=O) groups is 4. The topological polar surface area (TPSA) is 108 Å². The maximum atomic E-state index is 12.5. The molecule has 2 heterocycles. The molecule has 1 saturated heterocycles. The molecule has 0 aliphatic carbocycles. The van der Waals surface area contributed by atoms with Crippen LogP contribution in [-0.2, 0) is 9.53 Å². The molecule has 0 atom stereocenters. The van der Waals surface area contributed by atoms with Crippen LogP contribution in [0.1, 0.15) is 31.1 Å². The van der Waals surface area contributed by atoms with Crippen LogP contribution in [0.2, 0.25) is 0 Å². The highest BCUT2D eigenvalue weighted by Gasteiger charge is 2.36. The Kier molecular flexibility index (Phi) is 5.55. The zero-order valence-electron chi connectivity index (χ0n) is 16.1. The fourth-order valence-corrected chi connectivity index (χ4v) is 3.32. The molecule has 0 aromatic heterocycles. The summed E-state index contributed by atoms with van der Waals surface area (Å²) >= 11 is 0. The maximum absolute atomic E-state index is 12.5. The number of nitrogens with one attached hydrogen (secondary N) is 2. The van der Waals surface area contributed by atoms with Crippen molar-refractivity contribution in [1.29, 1.82) is 0 Å². The molecule has 4 amide bonds. The zero-order chi connectivity index (χ0) is 21.1. The quantitative estimate of drug-likeness (QED) is 0.712. The first-order valence-electron chi connectivity index (χ1n) is 9.52. The maximum Gasteiger partial charge on any atom is 0.280 e. The van der Waals surface area contributed by atoms with Crippen LogP contribution in [0.3, 0.4) is 0 Å². The second-order valence-electron chi connectivity index (χ2n) is 6.95. The Balaban J connectivity index is 1.35. The summed E-state index contributed by atoms with van der Waals surface area (Å²) in [6.07, 6.45) is 0. The molecular weight excluding hydrogens is 388 g/mol. The molecule has 9 nitrogen and oxygen atoms in total. The van der Waals surface area contributed by atoms with Gasteiger partial charge in [-0.15, -0.1) is 0 Å². The van der Waals surface area contributed by atoms with Gasteiger partial charge in [-0.2, -0.15) is 5.01 Å². The van der Waals surface area contributed by atoms with Crippen molar-refractivity contribution in [3.63, 3.8) is 0 Å². The second kappa shape index (κ2) is 8.44. The Morgan fingerprint density at radius 1 is 0.900 bits per heavy atom. The monoisotopic (exact) mass is 408 g/mol. The number of morpholine rings is 1. The average Bonchev–Trinajstić information content (AvgIpc) is 3.00. The Hall–Kier alpha value is -3.56. The predicted molar refractivity (Wildman–Crippen MR) is 107 cm³/mol. The second-order valence-corrected chi connectivity index (χ2v) is 6.95. The van der Waals surface area contributed by atoms with Crippen molar-refractivity contribution in [2.75, 3.05) is 38.2 Å². The van der Waals surface area contributed by atoms with E-state index in [1.807, 2.05) is 4.90 Å². The minimum atomic E-state index is -0.601. The van der Waals surface area contributed by atoms with Crippen LogP contribution in [-0.4, -0.2) is 66.4 Å². The lowest BCUT2D eigenvalue weighted by molar-refractivity contribution is -0.118. The molecule has 2 N–H and O–H groups in total. The molecule has 0 spiro atoms. The van der Waals surface area contributed by atoms with E-state index in [-0.39, 0.29) is 29.1 Å². The van der Waals surface area contributed by atoms with Crippen molar-refractivity contribution in [1.82, 2.24) is 15.3 Å². The van der Waals surface area contributed by atoms with Gasteiger partial charge in [0, 0.05) is 24.3 Å². The summed E-state index contributed by atoms with van der Waals surface area (Å²) in [5, 5.41) is 3.50. The van der Waals surface area contributed by atoms with Crippen molar-refractivity contribution >= 4 is 29.3 Å². The Bertz CT molecular complexity index is 964. The number of anilines is 1. The molecule has 2 aromatic carbocycles. The van der Waals surface area contributed by atoms with E-state index in [0.717, 1.165) is 0 Å². The molecule has 0 saturated carbocycles. The number of imide groups is 1. The summed E-state index contributed by atoms with van der Waals surface area (Å²) in [6, 6.07) is 12.6. The van der Waals surface area contributed by atoms with E-state index in [4.69, 9.17) is 4.74 Å². The van der Waals surface area contributed by atoms with E-state index < -0.39 is 17.7 Å². The molecular formula is C21H20N4O5. The van der Waals surface area contributed by atoms with Crippen LogP contribution < -0.4 is 10.7 Å². The highest BCUT2D eigenvalue weighted by Crippen LogP contribution is 2.21. The van der Waals surface area contributed by atoms with E-state index in [2.05, 4.69) is 10.7 Å². The fourth-order valence-electron chi connectivity index (χ4n) is 3.32. The van der Waals surface area contributed by atoms with Crippen molar-refractivity contribution in [2.24, 2.45) is 0 Å². The molecule has 2 aromatic rings. The minimum absolute atomic E-state index is 0.153.